The normalized spacial score (nSPS) is 10.6. The summed E-state index contributed by atoms with van der Waals surface area (Å²) in [5.41, 5.74) is 1.93. The number of hydrogen-bond donors (Lipinski definition) is 1. The van der Waals surface area contributed by atoms with Crippen LogP contribution >= 0.6 is 11.8 Å². The van der Waals surface area contributed by atoms with E-state index in [4.69, 9.17) is 4.74 Å². The number of carbonyl (C=O) groups is 1. The summed E-state index contributed by atoms with van der Waals surface area (Å²) in [5, 5.41) is 3.45. The number of methoxy groups -OCH3 is 1. The maximum Gasteiger partial charge on any atom is 0.252 e. The van der Waals surface area contributed by atoms with Crippen molar-refractivity contribution in [1.29, 1.82) is 0 Å². The molecule has 4 heteroatoms. The van der Waals surface area contributed by atoms with Crippen LogP contribution in [-0.4, -0.2) is 24.8 Å². The Labute approximate surface area is 142 Å². The number of amides is 1. The monoisotopic (exact) mass is 329 g/mol. The van der Waals surface area contributed by atoms with Gasteiger partial charge in [0.15, 0.2) is 0 Å². The minimum absolute atomic E-state index is 0.0118. The Hall–Kier alpha value is -1.94. The lowest BCUT2D eigenvalue weighted by molar-refractivity contribution is 0.0951. The quantitative estimate of drug-likeness (QED) is 0.775. The largest absolute Gasteiger partial charge is 0.497 e. The second-order valence-corrected chi connectivity index (χ2v) is 7.14. The summed E-state index contributed by atoms with van der Waals surface area (Å²) in [4.78, 5) is 13.4. The van der Waals surface area contributed by atoms with Crippen molar-refractivity contribution in [2.24, 2.45) is 0 Å². The number of rotatable bonds is 7. The van der Waals surface area contributed by atoms with Crippen LogP contribution in [0.1, 0.15) is 29.8 Å². The van der Waals surface area contributed by atoms with Crippen LogP contribution in [0.25, 0.3) is 0 Å². The highest BCUT2D eigenvalue weighted by molar-refractivity contribution is 8.00. The van der Waals surface area contributed by atoms with Crippen LogP contribution < -0.4 is 10.1 Å². The molecule has 122 valence electrons. The number of hydrogen-bond acceptors (Lipinski definition) is 3. The molecule has 0 aliphatic heterocycles. The second-order valence-electron chi connectivity index (χ2n) is 5.52. The van der Waals surface area contributed by atoms with E-state index >= 15 is 0 Å². The van der Waals surface area contributed by atoms with Gasteiger partial charge in [-0.05, 0) is 36.2 Å². The van der Waals surface area contributed by atoms with Crippen molar-refractivity contribution >= 4 is 17.7 Å². The molecule has 1 N–H and O–H groups in total. The molecule has 3 nitrogen and oxygen atoms in total. The van der Waals surface area contributed by atoms with Gasteiger partial charge in [0.05, 0.1) is 12.7 Å². The van der Waals surface area contributed by atoms with Crippen molar-refractivity contribution in [2.75, 3.05) is 13.7 Å². The maximum absolute atomic E-state index is 12.4. The van der Waals surface area contributed by atoms with Gasteiger partial charge in [-0.25, -0.2) is 0 Å². The van der Waals surface area contributed by atoms with Gasteiger partial charge < -0.3 is 10.1 Å². The molecule has 0 saturated carbocycles. The first-order chi connectivity index (χ1) is 11.1. The lowest BCUT2D eigenvalue weighted by Crippen LogP contribution is -2.26. The van der Waals surface area contributed by atoms with E-state index in [0.717, 1.165) is 22.6 Å². The van der Waals surface area contributed by atoms with Gasteiger partial charge in [0.25, 0.3) is 5.91 Å². The number of thioether (sulfide) groups is 1. The smallest absolute Gasteiger partial charge is 0.252 e. The number of nitrogens with one attached hydrogen (secondary N) is 1. The van der Waals surface area contributed by atoms with Crippen LogP contribution in [0.4, 0.5) is 0 Å². The highest BCUT2D eigenvalue weighted by Gasteiger charge is 2.11. The standard InChI is InChI=1S/C19H23NO2S/c1-14(2)23-18-7-5-4-6-17(18)19(21)20-13-12-15-8-10-16(22-3)11-9-15/h4-11,14H,12-13H2,1-3H3,(H,20,21). The number of benzene rings is 2. The van der Waals surface area contributed by atoms with E-state index in [9.17, 15) is 4.79 Å². The summed E-state index contributed by atoms with van der Waals surface area (Å²) < 4.78 is 5.14. The van der Waals surface area contributed by atoms with Crippen molar-refractivity contribution in [1.82, 2.24) is 5.32 Å². The van der Waals surface area contributed by atoms with Crippen molar-refractivity contribution in [3.8, 4) is 5.75 Å². The third kappa shape index (κ3) is 5.32. The zero-order valence-corrected chi connectivity index (χ0v) is 14.7. The average molecular weight is 329 g/mol. The molecule has 0 radical (unpaired) electrons. The van der Waals surface area contributed by atoms with Crippen LogP contribution in [0, 0.1) is 0 Å². The molecule has 0 aromatic heterocycles. The summed E-state index contributed by atoms with van der Waals surface area (Å²) in [5.74, 6) is 0.833. The Morgan fingerprint density at radius 3 is 2.48 bits per heavy atom. The van der Waals surface area contributed by atoms with Crippen molar-refractivity contribution in [2.45, 2.75) is 30.4 Å². The van der Waals surface area contributed by atoms with Crippen LogP contribution in [0.2, 0.25) is 0 Å². The summed E-state index contributed by atoms with van der Waals surface area (Å²) in [6.07, 6.45) is 0.801. The Bertz CT molecular complexity index is 638. The average Bonchev–Trinajstić information content (AvgIpc) is 2.55. The zero-order chi connectivity index (χ0) is 16.7. The topological polar surface area (TPSA) is 38.3 Å². The van der Waals surface area contributed by atoms with Gasteiger partial charge in [0.2, 0.25) is 0 Å². The molecule has 0 bridgehead atoms. The van der Waals surface area contributed by atoms with E-state index < -0.39 is 0 Å². The van der Waals surface area contributed by atoms with E-state index in [1.807, 2.05) is 48.5 Å². The van der Waals surface area contributed by atoms with Gasteiger partial charge >= 0.3 is 0 Å². The van der Waals surface area contributed by atoms with E-state index in [1.165, 1.54) is 5.56 Å². The van der Waals surface area contributed by atoms with E-state index in [2.05, 4.69) is 19.2 Å². The predicted molar refractivity (Wildman–Crippen MR) is 96.5 cm³/mol. The molecule has 2 aromatic rings. The molecule has 0 heterocycles. The SMILES string of the molecule is COc1ccc(CCNC(=O)c2ccccc2SC(C)C)cc1. The number of carbonyl (C=O) groups excluding carboxylic acids is 1. The molecule has 0 saturated heterocycles. The fourth-order valence-electron chi connectivity index (χ4n) is 2.22. The highest BCUT2D eigenvalue weighted by atomic mass is 32.2. The Balaban J connectivity index is 1.91. The van der Waals surface area contributed by atoms with Gasteiger partial charge in [-0.1, -0.05) is 38.1 Å². The minimum atomic E-state index is -0.0118. The first kappa shape index (κ1) is 17.4. The van der Waals surface area contributed by atoms with Gasteiger partial charge in [-0.15, -0.1) is 11.8 Å². The van der Waals surface area contributed by atoms with Crippen LogP contribution in [-0.2, 0) is 6.42 Å². The van der Waals surface area contributed by atoms with Crippen LogP contribution in [0.5, 0.6) is 5.75 Å². The van der Waals surface area contributed by atoms with Crippen molar-refractivity contribution < 1.29 is 9.53 Å². The molecule has 0 spiro atoms. The molecule has 1 amide bonds. The predicted octanol–water partition coefficient (Wildman–Crippen LogP) is 4.17. The Morgan fingerprint density at radius 1 is 1.13 bits per heavy atom. The van der Waals surface area contributed by atoms with Crippen molar-refractivity contribution in [3.05, 3.63) is 59.7 Å². The molecule has 23 heavy (non-hydrogen) atoms. The molecule has 2 aromatic carbocycles. The summed E-state index contributed by atoms with van der Waals surface area (Å²) in [7, 11) is 1.65. The van der Waals surface area contributed by atoms with Gasteiger partial charge in [0, 0.05) is 16.7 Å². The van der Waals surface area contributed by atoms with E-state index in [1.54, 1.807) is 18.9 Å². The van der Waals surface area contributed by atoms with Crippen LogP contribution in [0.3, 0.4) is 0 Å². The molecule has 0 unspecified atom stereocenters. The third-order valence-corrected chi connectivity index (χ3v) is 4.43. The molecule has 2 rings (SSSR count). The maximum atomic E-state index is 12.4. The second kappa shape index (κ2) is 8.63. The third-order valence-electron chi connectivity index (χ3n) is 3.35. The first-order valence-electron chi connectivity index (χ1n) is 7.77. The van der Waals surface area contributed by atoms with Gasteiger partial charge in [0.1, 0.15) is 5.75 Å². The summed E-state index contributed by atoms with van der Waals surface area (Å²) >= 11 is 1.71. The lowest BCUT2D eigenvalue weighted by Gasteiger charge is -2.11. The minimum Gasteiger partial charge on any atom is -0.497 e. The van der Waals surface area contributed by atoms with E-state index in [0.29, 0.717) is 11.8 Å². The Morgan fingerprint density at radius 2 is 1.83 bits per heavy atom. The Kier molecular flexibility index (Phi) is 6.53. The molecule has 0 fully saturated rings. The van der Waals surface area contributed by atoms with Gasteiger partial charge in [-0.3, -0.25) is 4.79 Å². The summed E-state index contributed by atoms with van der Waals surface area (Å²) in [6, 6.07) is 15.7. The molecule has 0 aliphatic rings. The molecular formula is C19H23NO2S. The van der Waals surface area contributed by atoms with Crippen LogP contribution in [0.15, 0.2) is 53.4 Å². The lowest BCUT2D eigenvalue weighted by atomic mass is 10.1. The molecular weight excluding hydrogens is 306 g/mol. The van der Waals surface area contributed by atoms with Crippen molar-refractivity contribution in [3.63, 3.8) is 0 Å². The van der Waals surface area contributed by atoms with Gasteiger partial charge in [-0.2, -0.15) is 0 Å². The van der Waals surface area contributed by atoms with E-state index in [-0.39, 0.29) is 5.91 Å². The highest BCUT2D eigenvalue weighted by Crippen LogP contribution is 2.26. The summed E-state index contributed by atoms with van der Waals surface area (Å²) in [6.45, 7) is 4.87. The first-order valence-corrected chi connectivity index (χ1v) is 8.65. The zero-order valence-electron chi connectivity index (χ0n) is 13.8. The fraction of sp³-hybridized carbons (Fsp3) is 0.316. The molecule has 0 aliphatic carbocycles. The molecule has 0 atom stereocenters. The number of ether oxygens (including phenoxy) is 1. The fourth-order valence-corrected chi connectivity index (χ4v) is 3.17.